The van der Waals surface area contributed by atoms with E-state index < -0.39 is 0 Å². The van der Waals surface area contributed by atoms with Crippen molar-refractivity contribution in [2.75, 3.05) is 0 Å². The van der Waals surface area contributed by atoms with Gasteiger partial charge in [-0.15, -0.1) is 0 Å². The first-order chi connectivity index (χ1) is 7.17. The Hall–Kier alpha value is -0.890. The summed E-state index contributed by atoms with van der Waals surface area (Å²) in [5, 5.41) is 9.99. The number of pyridine rings is 1. The number of hydrogen-bond donors (Lipinski definition) is 1. The minimum atomic E-state index is -0.254. The van der Waals surface area contributed by atoms with Crippen molar-refractivity contribution in [1.82, 2.24) is 4.98 Å². The Balaban J connectivity index is 2.57. The van der Waals surface area contributed by atoms with Gasteiger partial charge in [0.25, 0.3) is 0 Å². The van der Waals surface area contributed by atoms with Crippen molar-refractivity contribution in [1.29, 1.82) is 0 Å². The van der Waals surface area contributed by atoms with Crippen LogP contribution in [0.25, 0.3) is 0 Å². The molecule has 1 atom stereocenters. The van der Waals surface area contributed by atoms with Gasteiger partial charge in [0.1, 0.15) is 0 Å². The zero-order valence-electron chi connectivity index (χ0n) is 9.90. The van der Waals surface area contributed by atoms with Gasteiger partial charge in [-0.05, 0) is 24.5 Å². The van der Waals surface area contributed by atoms with Gasteiger partial charge in [-0.1, -0.05) is 32.8 Å². The predicted octanol–water partition coefficient (Wildman–Crippen LogP) is 2.73. The molecule has 0 radical (unpaired) electrons. The van der Waals surface area contributed by atoms with E-state index in [1.54, 1.807) is 0 Å². The van der Waals surface area contributed by atoms with Crippen LogP contribution in [0.2, 0.25) is 0 Å². The summed E-state index contributed by atoms with van der Waals surface area (Å²) in [7, 11) is 0. The second-order valence-corrected chi connectivity index (χ2v) is 4.17. The summed E-state index contributed by atoms with van der Waals surface area (Å²) in [4.78, 5) is 4.31. The van der Waals surface area contributed by atoms with Crippen molar-refractivity contribution in [3.8, 4) is 0 Å². The van der Waals surface area contributed by atoms with Crippen LogP contribution in [0.4, 0.5) is 0 Å². The van der Waals surface area contributed by atoms with Crippen molar-refractivity contribution < 1.29 is 5.11 Å². The van der Waals surface area contributed by atoms with Gasteiger partial charge >= 0.3 is 0 Å². The first-order valence-electron chi connectivity index (χ1n) is 5.77. The first-order valence-corrected chi connectivity index (χ1v) is 5.77. The van der Waals surface area contributed by atoms with E-state index in [-0.39, 0.29) is 6.10 Å². The summed E-state index contributed by atoms with van der Waals surface area (Å²) in [5.74, 6) is 0.396. The third-order valence-electron chi connectivity index (χ3n) is 2.98. The maximum Gasteiger partial charge on any atom is 0.0623 e. The molecule has 84 valence electrons. The van der Waals surface area contributed by atoms with E-state index in [9.17, 15) is 5.11 Å². The van der Waals surface area contributed by atoms with Crippen LogP contribution >= 0.6 is 0 Å². The fourth-order valence-corrected chi connectivity index (χ4v) is 1.83. The molecule has 2 nitrogen and oxygen atoms in total. The molecule has 1 unspecified atom stereocenters. The fraction of sp³-hybridized carbons (Fsp3) is 0.615. The Bertz CT molecular complexity index is 277. The highest BCUT2D eigenvalue weighted by Gasteiger charge is 2.16. The summed E-state index contributed by atoms with van der Waals surface area (Å²) in [6.45, 7) is 6.27. The van der Waals surface area contributed by atoms with Gasteiger partial charge in [-0.3, -0.25) is 4.98 Å². The third kappa shape index (κ3) is 3.63. The fourth-order valence-electron chi connectivity index (χ4n) is 1.83. The van der Waals surface area contributed by atoms with Crippen LogP contribution in [-0.2, 0) is 6.42 Å². The molecule has 2 heteroatoms. The van der Waals surface area contributed by atoms with Crippen LogP contribution in [0.3, 0.4) is 0 Å². The van der Waals surface area contributed by atoms with Crippen LogP contribution < -0.4 is 0 Å². The monoisotopic (exact) mass is 207 g/mol. The lowest BCUT2D eigenvalue weighted by Crippen LogP contribution is -2.22. The standard InChI is InChI=1S/C13H21NO/c1-4-11(5-2)13(15)8-12-7-6-10(3)9-14-12/h6-7,9,11,13,15H,4-5,8H2,1-3H3. The van der Waals surface area contributed by atoms with Crippen LogP contribution in [0.1, 0.15) is 37.9 Å². The zero-order chi connectivity index (χ0) is 11.3. The molecule has 0 aliphatic heterocycles. The Kier molecular flexibility index (Phi) is 4.76. The highest BCUT2D eigenvalue weighted by atomic mass is 16.3. The maximum absolute atomic E-state index is 9.99. The quantitative estimate of drug-likeness (QED) is 0.805. The van der Waals surface area contributed by atoms with Gasteiger partial charge in [0, 0.05) is 18.3 Å². The van der Waals surface area contributed by atoms with Crippen molar-refractivity contribution in [3.63, 3.8) is 0 Å². The number of aliphatic hydroxyl groups excluding tert-OH is 1. The minimum absolute atomic E-state index is 0.254. The second-order valence-electron chi connectivity index (χ2n) is 4.17. The molecule has 0 amide bonds. The Morgan fingerprint density at radius 2 is 1.93 bits per heavy atom. The normalized spacial score (nSPS) is 13.1. The maximum atomic E-state index is 9.99. The van der Waals surface area contributed by atoms with E-state index in [4.69, 9.17) is 0 Å². The summed E-state index contributed by atoms with van der Waals surface area (Å²) in [6.07, 6.45) is 4.34. The molecule has 15 heavy (non-hydrogen) atoms. The van der Waals surface area contributed by atoms with E-state index >= 15 is 0 Å². The molecule has 1 aromatic rings. The summed E-state index contributed by atoms with van der Waals surface area (Å²) < 4.78 is 0. The lowest BCUT2D eigenvalue weighted by atomic mass is 9.93. The summed E-state index contributed by atoms with van der Waals surface area (Å²) >= 11 is 0. The molecule has 0 spiro atoms. The number of nitrogens with zero attached hydrogens (tertiary/aromatic N) is 1. The van der Waals surface area contributed by atoms with E-state index in [0.29, 0.717) is 12.3 Å². The van der Waals surface area contributed by atoms with E-state index in [2.05, 4.69) is 18.8 Å². The van der Waals surface area contributed by atoms with Crippen LogP contribution in [0, 0.1) is 12.8 Å². The van der Waals surface area contributed by atoms with E-state index in [1.807, 2.05) is 25.3 Å². The number of aryl methyl sites for hydroxylation is 1. The van der Waals surface area contributed by atoms with E-state index in [0.717, 1.165) is 24.1 Å². The molecule has 0 aliphatic carbocycles. The largest absolute Gasteiger partial charge is 0.392 e. The molecule has 0 aromatic carbocycles. The van der Waals surface area contributed by atoms with Crippen LogP contribution in [-0.4, -0.2) is 16.2 Å². The zero-order valence-corrected chi connectivity index (χ0v) is 9.90. The molecular formula is C13H21NO. The number of hydrogen-bond acceptors (Lipinski definition) is 2. The Morgan fingerprint density at radius 1 is 1.27 bits per heavy atom. The Morgan fingerprint density at radius 3 is 2.40 bits per heavy atom. The minimum Gasteiger partial charge on any atom is -0.392 e. The number of aromatic nitrogens is 1. The van der Waals surface area contributed by atoms with Crippen LogP contribution in [0.15, 0.2) is 18.3 Å². The molecule has 0 fully saturated rings. The Labute approximate surface area is 92.4 Å². The highest BCUT2D eigenvalue weighted by Crippen LogP contribution is 2.16. The lowest BCUT2D eigenvalue weighted by molar-refractivity contribution is 0.102. The van der Waals surface area contributed by atoms with Gasteiger partial charge in [-0.2, -0.15) is 0 Å². The van der Waals surface area contributed by atoms with Crippen molar-refractivity contribution in [3.05, 3.63) is 29.6 Å². The first kappa shape index (κ1) is 12.2. The highest BCUT2D eigenvalue weighted by molar-refractivity contribution is 5.12. The van der Waals surface area contributed by atoms with Crippen LogP contribution in [0.5, 0.6) is 0 Å². The molecule has 1 heterocycles. The van der Waals surface area contributed by atoms with Gasteiger partial charge in [0.05, 0.1) is 6.10 Å². The SMILES string of the molecule is CCC(CC)C(O)Cc1ccc(C)cn1. The van der Waals surface area contributed by atoms with Gasteiger partial charge < -0.3 is 5.11 Å². The topological polar surface area (TPSA) is 33.1 Å². The molecule has 1 rings (SSSR count). The molecule has 0 aliphatic rings. The second kappa shape index (κ2) is 5.86. The van der Waals surface area contributed by atoms with Gasteiger partial charge in [0.15, 0.2) is 0 Å². The predicted molar refractivity (Wildman–Crippen MR) is 62.8 cm³/mol. The molecule has 1 N–H and O–H groups in total. The van der Waals surface area contributed by atoms with Gasteiger partial charge in [-0.25, -0.2) is 0 Å². The van der Waals surface area contributed by atoms with Crippen molar-refractivity contribution >= 4 is 0 Å². The van der Waals surface area contributed by atoms with Crippen molar-refractivity contribution in [2.24, 2.45) is 5.92 Å². The van der Waals surface area contributed by atoms with E-state index in [1.165, 1.54) is 0 Å². The number of aliphatic hydroxyl groups is 1. The molecule has 0 bridgehead atoms. The molecular weight excluding hydrogens is 186 g/mol. The molecule has 0 saturated heterocycles. The average Bonchev–Trinajstić information content (AvgIpc) is 2.23. The molecule has 0 saturated carbocycles. The van der Waals surface area contributed by atoms with Crippen molar-refractivity contribution in [2.45, 2.75) is 46.1 Å². The average molecular weight is 207 g/mol. The van der Waals surface area contributed by atoms with Gasteiger partial charge in [0.2, 0.25) is 0 Å². The lowest BCUT2D eigenvalue weighted by Gasteiger charge is -2.19. The summed E-state index contributed by atoms with van der Waals surface area (Å²) in [5.41, 5.74) is 2.15. The summed E-state index contributed by atoms with van der Waals surface area (Å²) in [6, 6.07) is 4.04. The third-order valence-corrected chi connectivity index (χ3v) is 2.98. The number of rotatable bonds is 5. The molecule has 1 aromatic heterocycles. The smallest absolute Gasteiger partial charge is 0.0623 e.